The van der Waals surface area contributed by atoms with Crippen molar-refractivity contribution in [2.75, 3.05) is 13.7 Å². The van der Waals surface area contributed by atoms with Crippen molar-refractivity contribution in [3.05, 3.63) is 65.0 Å². The smallest absolute Gasteiger partial charge is 0.215 e. The Hall–Kier alpha value is -1.92. The number of ether oxygens (including phenoxy) is 1. The molecule has 0 aliphatic carbocycles. The second-order valence-electron chi connectivity index (χ2n) is 5.36. The summed E-state index contributed by atoms with van der Waals surface area (Å²) in [6, 6.07) is 12.0. The topological polar surface area (TPSA) is 55.4 Å². The number of hydrogen-bond donors (Lipinski definition) is 1. The first-order valence-corrected chi connectivity index (χ1v) is 8.90. The highest BCUT2D eigenvalue weighted by atomic mass is 32.2. The first-order chi connectivity index (χ1) is 10.9. The molecule has 0 fully saturated rings. The fourth-order valence-electron chi connectivity index (χ4n) is 2.29. The molecular formula is C17H20FNO3S. The molecule has 0 aliphatic heterocycles. The lowest BCUT2D eigenvalue weighted by atomic mass is 10.1. The van der Waals surface area contributed by atoms with Crippen LogP contribution in [0.3, 0.4) is 0 Å². The van der Waals surface area contributed by atoms with E-state index in [1.54, 1.807) is 12.1 Å². The van der Waals surface area contributed by atoms with E-state index in [1.165, 1.54) is 19.2 Å². The van der Waals surface area contributed by atoms with Gasteiger partial charge in [-0.1, -0.05) is 35.9 Å². The highest BCUT2D eigenvalue weighted by Gasteiger charge is 2.11. The Balaban J connectivity index is 1.91. The predicted octanol–water partition coefficient (Wildman–Crippen LogP) is 2.80. The van der Waals surface area contributed by atoms with Crippen molar-refractivity contribution in [1.82, 2.24) is 4.72 Å². The molecule has 0 saturated heterocycles. The van der Waals surface area contributed by atoms with Crippen molar-refractivity contribution in [2.24, 2.45) is 0 Å². The number of methoxy groups -OCH3 is 1. The summed E-state index contributed by atoms with van der Waals surface area (Å²) in [5, 5.41) is 0. The molecule has 124 valence electrons. The van der Waals surface area contributed by atoms with Gasteiger partial charge in [0.05, 0.1) is 12.9 Å². The minimum atomic E-state index is -3.41. The second-order valence-corrected chi connectivity index (χ2v) is 7.17. The molecule has 23 heavy (non-hydrogen) atoms. The van der Waals surface area contributed by atoms with Gasteiger partial charge < -0.3 is 4.74 Å². The average Bonchev–Trinajstić information content (AvgIpc) is 2.46. The summed E-state index contributed by atoms with van der Waals surface area (Å²) < 4.78 is 45.1. The number of hydrogen-bond acceptors (Lipinski definition) is 3. The van der Waals surface area contributed by atoms with Crippen LogP contribution in [0.2, 0.25) is 0 Å². The summed E-state index contributed by atoms with van der Waals surface area (Å²) in [6.45, 7) is 2.14. The maximum atomic E-state index is 13.6. The van der Waals surface area contributed by atoms with Crippen LogP contribution in [0.1, 0.15) is 16.7 Å². The van der Waals surface area contributed by atoms with Gasteiger partial charge in [0.1, 0.15) is 0 Å². The van der Waals surface area contributed by atoms with Crippen molar-refractivity contribution >= 4 is 10.0 Å². The molecule has 0 unspecified atom stereocenters. The van der Waals surface area contributed by atoms with Crippen molar-refractivity contribution in [3.63, 3.8) is 0 Å². The van der Waals surface area contributed by atoms with E-state index >= 15 is 0 Å². The zero-order chi connectivity index (χ0) is 16.9. The molecule has 1 N–H and O–H groups in total. The Kier molecular flexibility index (Phi) is 5.74. The zero-order valence-corrected chi connectivity index (χ0v) is 14.0. The molecule has 0 atom stereocenters. The summed E-state index contributed by atoms with van der Waals surface area (Å²) in [5.74, 6) is -0.340. The lowest BCUT2D eigenvalue weighted by Crippen LogP contribution is -2.27. The van der Waals surface area contributed by atoms with Crippen LogP contribution in [-0.4, -0.2) is 22.1 Å². The molecule has 2 rings (SSSR count). The molecule has 0 aliphatic rings. The van der Waals surface area contributed by atoms with Crippen LogP contribution >= 0.6 is 0 Å². The number of rotatable bonds is 7. The number of sulfonamides is 1. The van der Waals surface area contributed by atoms with Crippen LogP contribution in [-0.2, 0) is 22.2 Å². The van der Waals surface area contributed by atoms with Gasteiger partial charge in [-0.25, -0.2) is 17.5 Å². The van der Waals surface area contributed by atoms with Crippen LogP contribution in [0, 0.1) is 12.7 Å². The molecule has 0 spiro atoms. The molecule has 0 aromatic heterocycles. The Morgan fingerprint density at radius 2 is 1.91 bits per heavy atom. The van der Waals surface area contributed by atoms with Crippen molar-refractivity contribution < 1.29 is 17.5 Å². The average molecular weight is 337 g/mol. The molecule has 0 heterocycles. The zero-order valence-electron chi connectivity index (χ0n) is 13.2. The van der Waals surface area contributed by atoms with Gasteiger partial charge in [0.25, 0.3) is 0 Å². The summed E-state index contributed by atoms with van der Waals surface area (Å²) >= 11 is 0. The molecule has 0 radical (unpaired) electrons. The molecule has 2 aromatic rings. The van der Waals surface area contributed by atoms with E-state index in [0.717, 1.165) is 11.1 Å². The van der Waals surface area contributed by atoms with Crippen molar-refractivity contribution in [3.8, 4) is 5.75 Å². The lowest BCUT2D eigenvalue weighted by Gasteiger charge is -2.08. The van der Waals surface area contributed by atoms with Gasteiger partial charge in [0.2, 0.25) is 10.0 Å². The van der Waals surface area contributed by atoms with Gasteiger partial charge in [-0.2, -0.15) is 0 Å². The molecule has 2 aromatic carbocycles. The van der Waals surface area contributed by atoms with Crippen LogP contribution in [0.4, 0.5) is 4.39 Å². The van der Waals surface area contributed by atoms with E-state index in [1.807, 2.05) is 25.1 Å². The second kappa shape index (κ2) is 7.57. The van der Waals surface area contributed by atoms with E-state index in [9.17, 15) is 12.8 Å². The van der Waals surface area contributed by atoms with E-state index in [0.29, 0.717) is 12.0 Å². The Bertz CT molecular complexity index is 775. The summed E-state index contributed by atoms with van der Waals surface area (Å²) in [4.78, 5) is 0. The fraction of sp³-hybridized carbons (Fsp3) is 0.294. The molecule has 4 nitrogen and oxygen atoms in total. The summed E-state index contributed by atoms with van der Waals surface area (Å²) in [7, 11) is -2.01. The lowest BCUT2D eigenvalue weighted by molar-refractivity contribution is 0.386. The van der Waals surface area contributed by atoms with E-state index < -0.39 is 15.8 Å². The summed E-state index contributed by atoms with van der Waals surface area (Å²) in [5.41, 5.74) is 2.47. The number of aryl methyl sites for hydroxylation is 1. The third-order valence-corrected chi connectivity index (χ3v) is 4.75. The highest BCUT2D eigenvalue weighted by molar-refractivity contribution is 7.88. The van der Waals surface area contributed by atoms with Crippen LogP contribution in [0.25, 0.3) is 0 Å². The van der Waals surface area contributed by atoms with Gasteiger partial charge >= 0.3 is 0 Å². The first-order valence-electron chi connectivity index (χ1n) is 7.25. The van der Waals surface area contributed by atoms with Gasteiger partial charge in [-0.15, -0.1) is 0 Å². The third kappa shape index (κ3) is 5.33. The van der Waals surface area contributed by atoms with Gasteiger partial charge in [0, 0.05) is 6.54 Å². The largest absolute Gasteiger partial charge is 0.494 e. The number of nitrogens with one attached hydrogen (secondary N) is 1. The Labute approximate surface area is 136 Å². The fourth-order valence-corrected chi connectivity index (χ4v) is 3.42. The van der Waals surface area contributed by atoms with Crippen LogP contribution < -0.4 is 9.46 Å². The van der Waals surface area contributed by atoms with Crippen molar-refractivity contribution in [2.45, 2.75) is 19.1 Å². The molecule has 0 amide bonds. The standard InChI is InChI=1S/C17H20FNO3S/c1-13-4-3-5-15(10-13)12-23(20,21)19-9-8-14-6-7-17(22-2)16(18)11-14/h3-7,10-11,19H,8-9,12H2,1-2H3. The number of halogens is 1. The molecule has 0 bridgehead atoms. The maximum absolute atomic E-state index is 13.6. The molecular weight excluding hydrogens is 317 g/mol. The minimum Gasteiger partial charge on any atom is -0.494 e. The number of benzene rings is 2. The van der Waals surface area contributed by atoms with Crippen molar-refractivity contribution in [1.29, 1.82) is 0 Å². The van der Waals surface area contributed by atoms with Gasteiger partial charge in [-0.05, 0) is 36.6 Å². The molecule has 0 saturated carbocycles. The summed E-state index contributed by atoms with van der Waals surface area (Å²) in [6.07, 6.45) is 0.411. The van der Waals surface area contributed by atoms with Crippen LogP contribution in [0.5, 0.6) is 5.75 Å². The van der Waals surface area contributed by atoms with E-state index in [-0.39, 0.29) is 18.0 Å². The van der Waals surface area contributed by atoms with Gasteiger partial charge in [0.15, 0.2) is 11.6 Å². The third-order valence-electron chi connectivity index (χ3n) is 3.39. The highest BCUT2D eigenvalue weighted by Crippen LogP contribution is 2.17. The Morgan fingerprint density at radius 1 is 1.13 bits per heavy atom. The Morgan fingerprint density at radius 3 is 2.57 bits per heavy atom. The first kappa shape index (κ1) is 17.4. The maximum Gasteiger partial charge on any atom is 0.215 e. The quantitative estimate of drug-likeness (QED) is 0.845. The van der Waals surface area contributed by atoms with Crippen LogP contribution in [0.15, 0.2) is 42.5 Å². The predicted molar refractivity (Wildman–Crippen MR) is 88.5 cm³/mol. The van der Waals surface area contributed by atoms with Gasteiger partial charge in [-0.3, -0.25) is 0 Å². The van der Waals surface area contributed by atoms with E-state index in [4.69, 9.17) is 4.74 Å². The monoisotopic (exact) mass is 337 g/mol. The molecule has 6 heteroatoms. The minimum absolute atomic E-state index is 0.0638. The SMILES string of the molecule is COc1ccc(CCNS(=O)(=O)Cc2cccc(C)c2)cc1F. The normalized spacial score (nSPS) is 11.4. The van der Waals surface area contributed by atoms with E-state index in [2.05, 4.69) is 4.72 Å².